The van der Waals surface area contributed by atoms with Crippen LogP contribution in [-0.4, -0.2) is 47.2 Å². The smallest absolute Gasteiger partial charge is 0.181 e. The first-order valence-corrected chi connectivity index (χ1v) is 9.75. The molecule has 0 amide bonds. The van der Waals surface area contributed by atoms with Crippen LogP contribution < -0.4 is 5.32 Å². The molecule has 0 saturated carbocycles. The Morgan fingerprint density at radius 3 is 2.75 bits per heavy atom. The number of ether oxygens (including phenoxy) is 1. The molecule has 0 atom stereocenters. The number of allylic oxidation sites excluding steroid dienone is 1. The number of anilines is 1. The van der Waals surface area contributed by atoms with E-state index in [0.29, 0.717) is 37.1 Å². The average molecular weight is 394 g/mol. The molecule has 0 fully saturated rings. The summed E-state index contributed by atoms with van der Waals surface area (Å²) >= 11 is 1.56. The molecule has 2 aromatic heterocycles. The van der Waals surface area contributed by atoms with Crippen molar-refractivity contribution in [3.63, 3.8) is 0 Å². The van der Waals surface area contributed by atoms with Gasteiger partial charge in [-0.25, -0.2) is 9.97 Å². The summed E-state index contributed by atoms with van der Waals surface area (Å²) in [5.74, 6) is 1.20. The van der Waals surface area contributed by atoms with Gasteiger partial charge < -0.3 is 15.2 Å². The summed E-state index contributed by atoms with van der Waals surface area (Å²) in [5.41, 5.74) is 2.74. The van der Waals surface area contributed by atoms with Crippen molar-refractivity contribution in [2.75, 3.05) is 31.7 Å². The van der Waals surface area contributed by atoms with Crippen LogP contribution in [0.5, 0.6) is 0 Å². The second-order valence-corrected chi connectivity index (χ2v) is 6.61. The maximum atomic E-state index is 8.84. The van der Waals surface area contributed by atoms with Gasteiger partial charge in [0.1, 0.15) is 16.4 Å². The van der Waals surface area contributed by atoms with E-state index in [4.69, 9.17) is 14.8 Å². The van der Waals surface area contributed by atoms with Gasteiger partial charge in [0.15, 0.2) is 5.82 Å². The fraction of sp³-hybridized carbons (Fsp3) is 0.190. The van der Waals surface area contributed by atoms with Gasteiger partial charge in [-0.05, 0) is 11.6 Å². The number of nitrogens with zero attached hydrogens (tertiary/aromatic N) is 3. The van der Waals surface area contributed by atoms with E-state index in [0.717, 1.165) is 21.3 Å². The van der Waals surface area contributed by atoms with Crippen LogP contribution in [0.25, 0.3) is 21.3 Å². The zero-order valence-corrected chi connectivity index (χ0v) is 16.3. The monoisotopic (exact) mass is 394 g/mol. The van der Waals surface area contributed by atoms with Crippen molar-refractivity contribution < 1.29 is 9.84 Å². The van der Waals surface area contributed by atoms with E-state index in [2.05, 4.69) is 46.0 Å². The lowest BCUT2D eigenvalue weighted by Crippen LogP contribution is -2.14. The molecule has 3 aromatic rings. The number of fused-ring (bicyclic) bond motifs is 1. The van der Waals surface area contributed by atoms with E-state index in [1.165, 1.54) is 6.20 Å². The fourth-order valence-electron chi connectivity index (χ4n) is 2.72. The van der Waals surface area contributed by atoms with Crippen LogP contribution in [0.2, 0.25) is 0 Å². The van der Waals surface area contributed by atoms with Crippen LogP contribution in [0, 0.1) is 0 Å². The number of nitrogens with one attached hydrogen (secondary N) is 1. The van der Waals surface area contributed by atoms with Gasteiger partial charge in [-0.2, -0.15) is 0 Å². The van der Waals surface area contributed by atoms with E-state index in [-0.39, 0.29) is 6.61 Å². The number of aliphatic imine (C=N–C) groups is 1. The zero-order valence-electron chi connectivity index (χ0n) is 15.5. The van der Waals surface area contributed by atoms with Gasteiger partial charge >= 0.3 is 0 Å². The lowest BCUT2D eigenvalue weighted by atomic mass is 10.1. The number of hydrogen-bond acceptors (Lipinski definition) is 7. The first kappa shape index (κ1) is 19.9. The minimum atomic E-state index is 0.00526. The topological polar surface area (TPSA) is 79.6 Å². The number of aliphatic hydroxyl groups is 1. The summed E-state index contributed by atoms with van der Waals surface area (Å²) in [6.07, 6.45) is 3.06. The molecule has 0 aliphatic rings. The van der Waals surface area contributed by atoms with E-state index in [9.17, 15) is 0 Å². The molecule has 7 heteroatoms. The van der Waals surface area contributed by atoms with Gasteiger partial charge in [0.05, 0.1) is 25.2 Å². The molecule has 28 heavy (non-hydrogen) atoms. The Morgan fingerprint density at radius 2 is 2.04 bits per heavy atom. The van der Waals surface area contributed by atoms with Gasteiger partial charge in [-0.15, -0.1) is 11.3 Å². The molecule has 2 N–H and O–H groups in total. The summed E-state index contributed by atoms with van der Waals surface area (Å²) < 4.78 is 5.34. The number of thiophene rings is 1. The second-order valence-electron chi connectivity index (χ2n) is 5.76. The second kappa shape index (κ2) is 9.89. The number of hydrogen-bond donors (Lipinski definition) is 2. The molecule has 0 radical (unpaired) electrons. The minimum Gasteiger partial charge on any atom is -0.394 e. The molecule has 0 unspecified atom stereocenters. The lowest BCUT2D eigenvalue weighted by molar-refractivity contribution is 0.0992. The molecule has 0 saturated heterocycles. The Bertz CT molecular complexity index is 983. The molecule has 3 rings (SSSR count). The summed E-state index contributed by atoms with van der Waals surface area (Å²) in [5, 5.41) is 15.2. The molecular weight excluding hydrogens is 372 g/mol. The largest absolute Gasteiger partial charge is 0.394 e. The Hall–Kier alpha value is -2.87. The lowest BCUT2D eigenvalue weighted by Gasteiger charge is -2.11. The quantitative estimate of drug-likeness (QED) is 0.403. The highest BCUT2D eigenvalue weighted by atomic mass is 32.1. The maximum absolute atomic E-state index is 8.84. The minimum absolute atomic E-state index is 0.00526. The third kappa shape index (κ3) is 4.51. The molecule has 2 heterocycles. The SMILES string of the molecule is C=CN=C(C=C)c1nc(NCCOCCO)c2c(-c3ccccc3)csc2n1. The van der Waals surface area contributed by atoms with Crippen molar-refractivity contribution in [1.29, 1.82) is 0 Å². The zero-order chi connectivity index (χ0) is 19.8. The molecule has 0 spiro atoms. The molecular formula is C21H22N4O2S. The fourth-order valence-corrected chi connectivity index (χ4v) is 3.67. The van der Waals surface area contributed by atoms with Crippen molar-refractivity contribution in [1.82, 2.24) is 9.97 Å². The Labute approximate surface area is 168 Å². The van der Waals surface area contributed by atoms with E-state index in [1.54, 1.807) is 17.4 Å². The van der Waals surface area contributed by atoms with Crippen molar-refractivity contribution in [3.8, 4) is 11.1 Å². The Morgan fingerprint density at radius 1 is 1.21 bits per heavy atom. The highest BCUT2D eigenvalue weighted by Gasteiger charge is 2.16. The van der Waals surface area contributed by atoms with Crippen LogP contribution in [0.3, 0.4) is 0 Å². The molecule has 0 aliphatic carbocycles. The molecule has 0 aliphatic heterocycles. The molecule has 1 aromatic carbocycles. The van der Waals surface area contributed by atoms with Gasteiger partial charge in [-0.3, -0.25) is 4.99 Å². The van der Waals surface area contributed by atoms with Gasteiger partial charge in [0, 0.05) is 23.7 Å². The summed E-state index contributed by atoms with van der Waals surface area (Å²) in [6.45, 7) is 8.77. The standard InChI is InChI=1S/C21H22N4O2S/c1-3-17(22-4-2)19-24-20(23-10-12-27-13-11-26)18-16(14-28-21(18)25-19)15-8-6-5-7-9-15/h3-9,14,26H,1-2,10-13H2,(H,23,24,25). The predicted molar refractivity (Wildman–Crippen MR) is 116 cm³/mol. The van der Waals surface area contributed by atoms with Crippen molar-refractivity contribution in [3.05, 3.63) is 67.0 Å². The molecule has 6 nitrogen and oxygen atoms in total. The average Bonchev–Trinajstić information content (AvgIpc) is 3.16. The van der Waals surface area contributed by atoms with E-state index in [1.807, 2.05) is 18.2 Å². The van der Waals surface area contributed by atoms with E-state index < -0.39 is 0 Å². The first-order valence-electron chi connectivity index (χ1n) is 8.87. The Kier molecular flexibility index (Phi) is 7.02. The number of benzene rings is 1. The highest BCUT2D eigenvalue weighted by Crippen LogP contribution is 2.36. The summed E-state index contributed by atoms with van der Waals surface area (Å²) in [7, 11) is 0. The van der Waals surface area contributed by atoms with Gasteiger partial charge in [0.2, 0.25) is 0 Å². The summed E-state index contributed by atoms with van der Waals surface area (Å²) in [6, 6.07) is 10.1. The van der Waals surface area contributed by atoms with Crippen molar-refractivity contribution in [2.45, 2.75) is 0 Å². The Balaban J connectivity index is 2.05. The third-order valence-electron chi connectivity index (χ3n) is 3.95. The summed E-state index contributed by atoms with van der Waals surface area (Å²) in [4.78, 5) is 14.5. The maximum Gasteiger partial charge on any atom is 0.181 e. The van der Waals surface area contributed by atoms with Crippen molar-refractivity contribution >= 4 is 33.1 Å². The number of aromatic nitrogens is 2. The van der Waals surface area contributed by atoms with Gasteiger partial charge in [0.25, 0.3) is 0 Å². The van der Waals surface area contributed by atoms with Crippen LogP contribution >= 0.6 is 11.3 Å². The van der Waals surface area contributed by atoms with E-state index >= 15 is 0 Å². The van der Waals surface area contributed by atoms with Gasteiger partial charge in [-0.1, -0.05) is 43.5 Å². The van der Waals surface area contributed by atoms with Crippen LogP contribution in [0.4, 0.5) is 5.82 Å². The van der Waals surface area contributed by atoms with Crippen molar-refractivity contribution in [2.24, 2.45) is 4.99 Å². The normalized spacial score (nSPS) is 11.5. The predicted octanol–water partition coefficient (Wildman–Crippen LogP) is 3.90. The van der Waals surface area contributed by atoms with Crippen LogP contribution in [0.1, 0.15) is 5.82 Å². The third-order valence-corrected chi connectivity index (χ3v) is 4.82. The highest BCUT2D eigenvalue weighted by molar-refractivity contribution is 7.17. The number of aliphatic hydroxyl groups excluding tert-OH is 1. The first-order chi connectivity index (χ1) is 13.8. The molecule has 0 bridgehead atoms. The van der Waals surface area contributed by atoms with Crippen LogP contribution in [0.15, 0.2) is 66.1 Å². The molecule has 144 valence electrons. The number of rotatable bonds is 10. The van der Waals surface area contributed by atoms with Crippen LogP contribution in [-0.2, 0) is 4.74 Å².